The molecule has 0 bridgehead atoms. The third-order valence-corrected chi connectivity index (χ3v) is 4.39. The van der Waals surface area contributed by atoms with Gasteiger partial charge < -0.3 is 5.32 Å². The van der Waals surface area contributed by atoms with Gasteiger partial charge in [0.05, 0.1) is 5.75 Å². The van der Waals surface area contributed by atoms with Gasteiger partial charge in [0.2, 0.25) is 0 Å². The fourth-order valence-electron chi connectivity index (χ4n) is 1.64. The number of sulfone groups is 1. The molecule has 0 aliphatic carbocycles. The van der Waals surface area contributed by atoms with Crippen LogP contribution >= 0.6 is 0 Å². The summed E-state index contributed by atoms with van der Waals surface area (Å²) in [5.74, 6) is 0.545. The molecule has 0 heterocycles. The van der Waals surface area contributed by atoms with Crippen LogP contribution in [0.15, 0.2) is 30.3 Å². The summed E-state index contributed by atoms with van der Waals surface area (Å²) in [7, 11) is -2.84. The van der Waals surface area contributed by atoms with Crippen LogP contribution in [0.5, 0.6) is 0 Å². The van der Waals surface area contributed by atoms with E-state index in [4.69, 9.17) is 0 Å². The topological polar surface area (TPSA) is 46.2 Å². The lowest BCUT2D eigenvalue weighted by molar-refractivity contribution is 0.589. The van der Waals surface area contributed by atoms with E-state index in [0.29, 0.717) is 18.7 Å². The highest BCUT2D eigenvalue weighted by Crippen LogP contribution is 1.98. The lowest BCUT2D eigenvalue weighted by atomic mass is 10.1. The minimum absolute atomic E-state index is 0.246. The van der Waals surface area contributed by atoms with Gasteiger partial charge in [-0.15, -0.1) is 0 Å². The SMILES string of the molecule is CCCS(=O)(=O)CCNCCc1ccccc1. The van der Waals surface area contributed by atoms with Crippen molar-refractivity contribution in [1.82, 2.24) is 5.32 Å². The number of nitrogens with one attached hydrogen (secondary N) is 1. The fourth-order valence-corrected chi connectivity index (χ4v) is 2.92. The summed E-state index contributed by atoms with van der Waals surface area (Å²) in [5.41, 5.74) is 1.27. The molecular weight excluding hydrogens is 234 g/mol. The van der Waals surface area contributed by atoms with Crippen LogP contribution in [0.3, 0.4) is 0 Å². The highest BCUT2D eigenvalue weighted by molar-refractivity contribution is 7.91. The standard InChI is InChI=1S/C13H21NO2S/c1-2-11-17(15,16)12-10-14-9-8-13-6-4-3-5-7-13/h3-7,14H,2,8-12H2,1H3. The Balaban J connectivity index is 2.13. The van der Waals surface area contributed by atoms with Gasteiger partial charge in [0, 0.05) is 12.3 Å². The quantitative estimate of drug-likeness (QED) is 0.718. The van der Waals surface area contributed by atoms with Crippen molar-refractivity contribution in [1.29, 1.82) is 0 Å². The van der Waals surface area contributed by atoms with Crippen LogP contribution in [0.4, 0.5) is 0 Å². The predicted octanol–water partition coefficient (Wildman–Crippen LogP) is 1.64. The number of hydrogen-bond acceptors (Lipinski definition) is 3. The van der Waals surface area contributed by atoms with Crippen LogP contribution < -0.4 is 5.32 Å². The molecule has 3 nitrogen and oxygen atoms in total. The molecule has 96 valence electrons. The highest BCUT2D eigenvalue weighted by Gasteiger charge is 2.07. The Hall–Kier alpha value is -0.870. The molecule has 0 saturated heterocycles. The van der Waals surface area contributed by atoms with Crippen LogP contribution in [0.25, 0.3) is 0 Å². The Bertz CT molecular complexity index is 401. The van der Waals surface area contributed by atoms with Crippen molar-refractivity contribution in [3.8, 4) is 0 Å². The van der Waals surface area contributed by atoms with E-state index in [2.05, 4.69) is 17.4 Å². The number of rotatable bonds is 8. The van der Waals surface area contributed by atoms with E-state index in [-0.39, 0.29) is 5.75 Å². The van der Waals surface area contributed by atoms with E-state index in [1.54, 1.807) is 0 Å². The Kier molecular flexibility index (Phi) is 6.22. The lowest BCUT2D eigenvalue weighted by Crippen LogP contribution is -2.26. The van der Waals surface area contributed by atoms with Crippen molar-refractivity contribution in [3.63, 3.8) is 0 Å². The molecule has 0 radical (unpaired) electrons. The van der Waals surface area contributed by atoms with E-state index < -0.39 is 9.84 Å². The van der Waals surface area contributed by atoms with Crippen molar-refractivity contribution in [2.75, 3.05) is 24.6 Å². The van der Waals surface area contributed by atoms with Gasteiger partial charge >= 0.3 is 0 Å². The Labute approximate surface area is 104 Å². The largest absolute Gasteiger partial charge is 0.315 e. The molecule has 0 aliphatic heterocycles. The molecule has 0 aromatic heterocycles. The van der Waals surface area contributed by atoms with Crippen LogP contribution in [0.1, 0.15) is 18.9 Å². The zero-order chi connectivity index (χ0) is 12.6. The molecule has 1 rings (SSSR count). The van der Waals surface area contributed by atoms with E-state index in [0.717, 1.165) is 13.0 Å². The van der Waals surface area contributed by atoms with Crippen molar-refractivity contribution in [2.24, 2.45) is 0 Å². The van der Waals surface area contributed by atoms with Gasteiger partial charge in [-0.2, -0.15) is 0 Å². The van der Waals surface area contributed by atoms with E-state index in [9.17, 15) is 8.42 Å². The second-order valence-corrected chi connectivity index (χ2v) is 6.44. The summed E-state index contributed by atoms with van der Waals surface area (Å²) in [6, 6.07) is 10.2. The number of benzene rings is 1. The Morgan fingerprint density at radius 1 is 1.06 bits per heavy atom. The fraction of sp³-hybridized carbons (Fsp3) is 0.538. The van der Waals surface area contributed by atoms with E-state index in [1.807, 2.05) is 25.1 Å². The van der Waals surface area contributed by atoms with Gasteiger partial charge in [-0.3, -0.25) is 0 Å². The molecule has 17 heavy (non-hydrogen) atoms. The molecule has 0 spiro atoms. The predicted molar refractivity (Wildman–Crippen MR) is 72.0 cm³/mol. The third-order valence-electron chi connectivity index (χ3n) is 2.54. The first-order valence-corrected chi connectivity index (χ1v) is 7.91. The van der Waals surface area contributed by atoms with Gasteiger partial charge in [-0.25, -0.2) is 8.42 Å². The van der Waals surface area contributed by atoms with Crippen molar-refractivity contribution in [3.05, 3.63) is 35.9 Å². The zero-order valence-corrected chi connectivity index (χ0v) is 11.2. The molecular formula is C13H21NO2S. The Morgan fingerprint density at radius 2 is 1.76 bits per heavy atom. The van der Waals surface area contributed by atoms with Gasteiger partial charge in [-0.1, -0.05) is 37.3 Å². The van der Waals surface area contributed by atoms with E-state index in [1.165, 1.54) is 5.56 Å². The third kappa shape index (κ3) is 6.44. The summed E-state index contributed by atoms with van der Waals surface area (Å²) in [6.07, 6.45) is 1.64. The molecule has 1 aromatic rings. The molecule has 1 aromatic carbocycles. The minimum Gasteiger partial charge on any atom is -0.315 e. The second-order valence-electron chi connectivity index (χ2n) is 4.14. The maximum Gasteiger partial charge on any atom is 0.151 e. The first-order valence-electron chi connectivity index (χ1n) is 6.09. The average Bonchev–Trinajstić information content (AvgIpc) is 2.30. The first kappa shape index (κ1) is 14.2. The molecule has 0 aliphatic rings. The maximum atomic E-state index is 11.4. The normalized spacial score (nSPS) is 11.6. The summed E-state index contributed by atoms with van der Waals surface area (Å²) in [4.78, 5) is 0. The van der Waals surface area contributed by atoms with Crippen LogP contribution in [-0.2, 0) is 16.3 Å². The monoisotopic (exact) mass is 255 g/mol. The maximum absolute atomic E-state index is 11.4. The van der Waals surface area contributed by atoms with Crippen molar-refractivity contribution < 1.29 is 8.42 Å². The minimum atomic E-state index is -2.84. The lowest BCUT2D eigenvalue weighted by Gasteiger charge is -2.05. The molecule has 1 N–H and O–H groups in total. The first-order chi connectivity index (χ1) is 8.14. The highest BCUT2D eigenvalue weighted by atomic mass is 32.2. The van der Waals surface area contributed by atoms with E-state index >= 15 is 0 Å². The summed E-state index contributed by atoms with van der Waals surface area (Å²) in [6.45, 7) is 3.27. The van der Waals surface area contributed by atoms with Crippen LogP contribution in [0.2, 0.25) is 0 Å². The zero-order valence-electron chi connectivity index (χ0n) is 10.4. The summed E-state index contributed by atoms with van der Waals surface area (Å²) >= 11 is 0. The molecule has 0 atom stereocenters. The molecule has 0 amide bonds. The van der Waals surface area contributed by atoms with Gasteiger partial charge in [0.15, 0.2) is 9.84 Å². The smallest absolute Gasteiger partial charge is 0.151 e. The molecule has 0 unspecified atom stereocenters. The summed E-state index contributed by atoms with van der Waals surface area (Å²) in [5, 5.41) is 3.17. The molecule has 0 saturated carbocycles. The van der Waals surface area contributed by atoms with Gasteiger partial charge in [0.1, 0.15) is 0 Å². The molecule has 4 heteroatoms. The average molecular weight is 255 g/mol. The van der Waals surface area contributed by atoms with Crippen LogP contribution in [-0.4, -0.2) is 33.0 Å². The molecule has 0 fully saturated rings. The van der Waals surface area contributed by atoms with Gasteiger partial charge in [0.25, 0.3) is 0 Å². The summed E-state index contributed by atoms with van der Waals surface area (Å²) < 4.78 is 22.8. The number of hydrogen-bond donors (Lipinski definition) is 1. The van der Waals surface area contributed by atoms with Crippen molar-refractivity contribution in [2.45, 2.75) is 19.8 Å². The second kappa shape index (κ2) is 7.45. The van der Waals surface area contributed by atoms with Gasteiger partial charge in [-0.05, 0) is 24.9 Å². The van der Waals surface area contributed by atoms with Crippen LogP contribution in [0, 0.1) is 0 Å². The Morgan fingerprint density at radius 3 is 2.41 bits per heavy atom. The van der Waals surface area contributed by atoms with Crippen molar-refractivity contribution >= 4 is 9.84 Å².